The van der Waals surface area contributed by atoms with Gasteiger partial charge in [0.15, 0.2) is 5.96 Å². The second kappa shape index (κ2) is 9.63. The fraction of sp³-hybridized carbons (Fsp3) is 0.588. The maximum atomic E-state index is 12.1. The number of rotatable bonds is 7. The maximum Gasteiger partial charge on any atom is 0.573 e. The minimum atomic E-state index is -4.69. The third kappa shape index (κ3) is 7.92. The van der Waals surface area contributed by atoms with E-state index in [2.05, 4.69) is 31.9 Å². The Kier molecular flexibility index (Phi) is 7.52. The van der Waals surface area contributed by atoms with Gasteiger partial charge in [0.05, 0.1) is 0 Å². The summed E-state index contributed by atoms with van der Waals surface area (Å²) in [6, 6.07) is 5.35. The summed E-state index contributed by atoms with van der Waals surface area (Å²) in [5.41, 5.74) is 6.35. The largest absolute Gasteiger partial charge is 0.573 e. The third-order valence-corrected chi connectivity index (χ3v) is 4.12. The van der Waals surface area contributed by atoms with Crippen molar-refractivity contribution in [2.75, 3.05) is 51.6 Å². The van der Waals surface area contributed by atoms with E-state index in [9.17, 15) is 13.2 Å². The molecule has 1 aromatic carbocycles. The highest BCUT2D eigenvalue weighted by molar-refractivity contribution is 5.92. The Bertz CT molecular complexity index is 569. The van der Waals surface area contributed by atoms with Crippen LogP contribution in [0.3, 0.4) is 0 Å². The fourth-order valence-electron chi connectivity index (χ4n) is 2.65. The van der Waals surface area contributed by atoms with E-state index in [0.29, 0.717) is 12.2 Å². The van der Waals surface area contributed by atoms with Gasteiger partial charge in [0.2, 0.25) is 0 Å². The molecule has 3 N–H and O–H groups in total. The zero-order valence-corrected chi connectivity index (χ0v) is 14.9. The van der Waals surface area contributed by atoms with Crippen LogP contribution in [-0.2, 0) is 0 Å². The van der Waals surface area contributed by atoms with Gasteiger partial charge < -0.3 is 25.6 Å². The zero-order valence-electron chi connectivity index (χ0n) is 14.9. The van der Waals surface area contributed by atoms with Crippen LogP contribution in [0.4, 0.5) is 18.9 Å². The molecule has 0 amide bonds. The number of ether oxygens (including phenoxy) is 1. The number of guanidine groups is 1. The van der Waals surface area contributed by atoms with E-state index in [0.717, 1.165) is 45.6 Å². The van der Waals surface area contributed by atoms with E-state index in [1.165, 1.54) is 24.3 Å². The molecule has 0 aliphatic carbocycles. The number of halogens is 3. The Morgan fingerprint density at radius 1 is 1.15 bits per heavy atom. The number of hydrogen-bond donors (Lipinski definition) is 2. The average Bonchev–Trinajstić information content (AvgIpc) is 2.57. The van der Waals surface area contributed by atoms with Crippen molar-refractivity contribution in [3.8, 4) is 5.75 Å². The minimum absolute atomic E-state index is 0.245. The standard InChI is InChI=1S/C17H26F3N5O/c1-24-10-12-25(13-11-24)9-3-2-8-22-16(21)23-14-4-6-15(7-5-14)26-17(18,19)20/h4-7H,2-3,8-13H2,1H3,(H3,21,22,23). The van der Waals surface area contributed by atoms with Gasteiger partial charge in [0.1, 0.15) is 5.75 Å². The lowest BCUT2D eigenvalue weighted by atomic mass is 10.2. The molecule has 2 rings (SSSR count). The first-order valence-corrected chi connectivity index (χ1v) is 8.65. The first-order valence-electron chi connectivity index (χ1n) is 8.65. The number of alkyl halides is 3. The molecular formula is C17H26F3N5O. The lowest BCUT2D eigenvalue weighted by molar-refractivity contribution is -0.274. The van der Waals surface area contributed by atoms with E-state index in [4.69, 9.17) is 5.73 Å². The minimum Gasteiger partial charge on any atom is -0.406 e. The van der Waals surface area contributed by atoms with Gasteiger partial charge in [0.25, 0.3) is 0 Å². The summed E-state index contributed by atoms with van der Waals surface area (Å²) in [7, 11) is 2.14. The average molecular weight is 373 g/mol. The summed E-state index contributed by atoms with van der Waals surface area (Å²) in [4.78, 5) is 9.02. The van der Waals surface area contributed by atoms with Crippen molar-refractivity contribution >= 4 is 11.6 Å². The molecule has 146 valence electrons. The monoisotopic (exact) mass is 373 g/mol. The van der Waals surface area contributed by atoms with Crippen LogP contribution in [0.15, 0.2) is 29.3 Å². The van der Waals surface area contributed by atoms with Crippen molar-refractivity contribution < 1.29 is 17.9 Å². The summed E-state index contributed by atoms with van der Waals surface area (Å²) in [6.07, 6.45) is -2.70. The lowest BCUT2D eigenvalue weighted by Gasteiger charge is -2.32. The van der Waals surface area contributed by atoms with Crippen LogP contribution >= 0.6 is 0 Å². The highest BCUT2D eigenvalue weighted by atomic mass is 19.4. The van der Waals surface area contributed by atoms with Crippen molar-refractivity contribution in [3.05, 3.63) is 24.3 Å². The molecule has 1 heterocycles. The highest BCUT2D eigenvalue weighted by Crippen LogP contribution is 2.23. The Labute approximate surface area is 151 Å². The second-order valence-corrected chi connectivity index (χ2v) is 6.32. The Balaban J connectivity index is 1.64. The molecule has 26 heavy (non-hydrogen) atoms. The van der Waals surface area contributed by atoms with E-state index in [-0.39, 0.29) is 11.7 Å². The van der Waals surface area contributed by atoms with Gasteiger partial charge in [-0.1, -0.05) is 0 Å². The van der Waals surface area contributed by atoms with E-state index >= 15 is 0 Å². The van der Waals surface area contributed by atoms with Gasteiger partial charge in [-0.05, 0) is 50.7 Å². The molecule has 1 saturated heterocycles. The van der Waals surface area contributed by atoms with E-state index in [1.807, 2.05) is 0 Å². The Morgan fingerprint density at radius 3 is 2.42 bits per heavy atom. The van der Waals surface area contributed by atoms with Gasteiger partial charge in [0, 0.05) is 38.4 Å². The molecule has 0 atom stereocenters. The number of unbranched alkanes of at least 4 members (excludes halogenated alkanes) is 1. The molecule has 1 fully saturated rings. The number of anilines is 1. The number of piperazine rings is 1. The molecule has 0 radical (unpaired) electrons. The van der Waals surface area contributed by atoms with Crippen LogP contribution in [-0.4, -0.2) is 68.4 Å². The molecule has 1 aliphatic heterocycles. The first kappa shape index (κ1) is 20.3. The Morgan fingerprint density at radius 2 is 1.81 bits per heavy atom. The number of hydrogen-bond acceptors (Lipinski definition) is 4. The van der Waals surface area contributed by atoms with Gasteiger partial charge in [-0.25, -0.2) is 0 Å². The van der Waals surface area contributed by atoms with Crippen molar-refractivity contribution in [1.82, 2.24) is 9.80 Å². The molecular weight excluding hydrogens is 347 g/mol. The molecule has 0 saturated carbocycles. The number of likely N-dealkylation sites (N-methyl/N-ethyl adjacent to an activating group) is 1. The molecule has 0 unspecified atom stereocenters. The van der Waals surface area contributed by atoms with Crippen LogP contribution in [0.2, 0.25) is 0 Å². The van der Waals surface area contributed by atoms with E-state index in [1.54, 1.807) is 0 Å². The normalized spacial score (nSPS) is 17.3. The predicted octanol–water partition coefficient (Wildman–Crippen LogP) is 2.34. The van der Waals surface area contributed by atoms with E-state index < -0.39 is 6.36 Å². The third-order valence-electron chi connectivity index (χ3n) is 4.12. The van der Waals surface area contributed by atoms with Crippen molar-refractivity contribution in [1.29, 1.82) is 0 Å². The summed E-state index contributed by atoms with van der Waals surface area (Å²) in [5, 5.41) is 2.85. The fourth-order valence-corrected chi connectivity index (χ4v) is 2.65. The SMILES string of the molecule is CN1CCN(CCCCN=C(N)Nc2ccc(OC(F)(F)F)cc2)CC1. The highest BCUT2D eigenvalue weighted by Gasteiger charge is 2.30. The number of nitrogens with zero attached hydrogens (tertiary/aromatic N) is 3. The summed E-state index contributed by atoms with van der Waals surface area (Å²) in [6.45, 7) is 6.12. The maximum absolute atomic E-state index is 12.1. The first-order chi connectivity index (χ1) is 12.3. The second-order valence-electron chi connectivity index (χ2n) is 6.32. The molecule has 0 aromatic heterocycles. The van der Waals surface area contributed by atoms with Crippen molar-refractivity contribution in [2.24, 2.45) is 10.7 Å². The summed E-state index contributed by atoms with van der Waals surface area (Å²) >= 11 is 0. The number of nitrogens with one attached hydrogen (secondary N) is 1. The number of benzene rings is 1. The quantitative estimate of drug-likeness (QED) is 0.436. The van der Waals surface area contributed by atoms with Crippen molar-refractivity contribution in [2.45, 2.75) is 19.2 Å². The summed E-state index contributed by atoms with van der Waals surface area (Å²) < 4.78 is 40.1. The molecule has 0 spiro atoms. The van der Waals surface area contributed by atoms with Gasteiger partial charge >= 0.3 is 6.36 Å². The topological polar surface area (TPSA) is 66.1 Å². The van der Waals surface area contributed by atoms with Gasteiger partial charge in [-0.15, -0.1) is 13.2 Å². The molecule has 1 aromatic rings. The summed E-state index contributed by atoms with van der Waals surface area (Å²) in [5.74, 6) is -0.0310. The van der Waals surface area contributed by atoms with Crippen LogP contribution in [0.5, 0.6) is 5.75 Å². The smallest absolute Gasteiger partial charge is 0.406 e. The Hall–Kier alpha value is -2.00. The van der Waals surface area contributed by atoms with Gasteiger partial charge in [-0.3, -0.25) is 4.99 Å². The number of aliphatic imine (C=N–C) groups is 1. The van der Waals surface area contributed by atoms with Crippen LogP contribution in [0.1, 0.15) is 12.8 Å². The zero-order chi connectivity index (χ0) is 19.0. The molecule has 6 nitrogen and oxygen atoms in total. The molecule has 0 bridgehead atoms. The van der Waals surface area contributed by atoms with Gasteiger partial charge in [-0.2, -0.15) is 0 Å². The molecule has 9 heteroatoms. The van der Waals surface area contributed by atoms with Crippen LogP contribution in [0, 0.1) is 0 Å². The lowest BCUT2D eigenvalue weighted by Crippen LogP contribution is -2.44. The predicted molar refractivity (Wildman–Crippen MR) is 96.4 cm³/mol. The van der Waals surface area contributed by atoms with Crippen molar-refractivity contribution in [3.63, 3.8) is 0 Å². The molecule has 1 aliphatic rings. The van der Waals surface area contributed by atoms with Crippen LogP contribution < -0.4 is 15.8 Å². The van der Waals surface area contributed by atoms with Crippen LogP contribution in [0.25, 0.3) is 0 Å². The number of nitrogens with two attached hydrogens (primary N) is 1.